The molecule has 1 aliphatic heterocycles. The summed E-state index contributed by atoms with van der Waals surface area (Å²) in [5, 5.41) is 21.9. The van der Waals surface area contributed by atoms with E-state index in [0.29, 0.717) is 17.1 Å². The third kappa shape index (κ3) is 4.32. The molecule has 1 aliphatic rings. The number of nitrogens with one attached hydrogen (secondary N) is 1. The first-order chi connectivity index (χ1) is 12.6. The highest BCUT2D eigenvalue weighted by Crippen LogP contribution is 2.38. The van der Waals surface area contributed by atoms with Gasteiger partial charge in [-0.2, -0.15) is 13.2 Å². The molecule has 27 heavy (non-hydrogen) atoms. The van der Waals surface area contributed by atoms with Crippen LogP contribution in [-0.4, -0.2) is 46.4 Å². The van der Waals surface area contributed by atoms with Crippen molar-refractivity contribution in [1.82, 2.24) is 15.1 Å². The van der Waals surface area contributed by atoms with Gasteiger partial charge in [0, 0.05) is 18.2 Å². The average Bonchev–Trinajstić information content (AvgIpc) is 2.56. The van der Waals surface area contributed by atoms with Crippen molar-refractivity contribution in [2.24, 2.45) is 0 Å². The van der Waals surface area contributed by atoms with Gasteiger partial charge in [-0.25, -0.2) is 0 Å². The number of aromatic nitrogens is 2. The Bertz CT molecular complexity index is 815. The molecule has 3 rings (SSSR count). The van der Waals surface area contributed by atoms with Gasteiger partial charge in [0.1, 0.15) is 5.75 Å². The van der Waals surface area contributed by atoms with Crippen molar-refractivity contribution in [3.63, 3.8) is 0 Å². The quantitative estimate of drug-likeness (QED) is 0.843. The zero-order valence-electron chi connectivity index (χ0n) is 15.6. The minimum Gasteiger partial charge on any atom is -0.507 e. The van der Waals surface area contributed by atoms with Crippen molar-refractivity contribution >= 4 is 5.82 Å². The number of likely N-dealkylation sites (tertiary alicyclic amines) is 1. The molecule has 1 saturated heterocycles. The number of hydrogen-bond donors (Lipinski definition) is 2. The Balaban J connectivity index is 1.87. The van der Waals surface area contributed by atoms with E-state index in [0.717, 1.165) is 43.6 Å². The number of aromatic hydroxyl groups is 1. The van der Waals surface area contributed by atoms with Crippen molar-refractivity contribution in [2.45, 2.75) is 38.9 Å². The average molecular weight is 380 g/mol. The first-order valence-electron chi connectivity index (χ1n) is 8.85. The second-order valence-corrected chi connectivity index (χ2v) is 7.19. The molecule has 1 aromatic carbocycles. The molecular formula is C19H23F3N4O. The van der Waals surface area contributed by atoms with Crippen molar-refractivity contribution in [1.29, 1.82) is 0 Å². The van der Waals surface area contributed by atoms with Crippen LogP contribution >= 0.6 is 0 Å². The van der Waals surface area contributed by atoms with Crippen molar-refractivity contribution in [2.75, 3.05) is 25.5 Å². The van der Waals surface area contributed by atoms with Crippen molar-refractivity contribution < 1.29 is 18.3 Å². The third-order valence-corrected chi connectivity index (χ3v) is 4.85. The summed E-state index contributed by atoms with van der Waals surface area (Å²) in [6, 6.07) is 3.75. The Hall–Kier alpha value is -2.35. The Labute approximate surface area is 156 Å². The van der Waals surface area contributed by atoms with Crippen molar-refractivity contribution in [3.05, 3.63) is 34.9 Å². The number of phenolic OH excluding ortho intramolecular Hbond substituents is 1. The number of halogens is 3. The lowest BCUT2D eigenvalue weighted by Crippen LogP contribution is -2.40. The van der Waals surface area contributed by atoms with Crippen LogP contribution in [0.4, 0.5) is 19.0 Å². The number of rotatable bonds is 3. The fraction of sp³-hybridized carbons (Fsp3) is 0.474. The molecule has 8 heteroatoms. The fourth-order valence-electron chi connectivity index (χ4n) is 3.49. The van der Waals surface area contributed by atoms with Gasteiger partial charge in [-0.05, 0) is 69.6 Å². The van der Waals surface area contributed by atoms with Gasteiger partial charge in [-0.3, -0.25) is 0 Å². The standard InChI is InChI=1S/C19H23F3N4O/c1-11-7-13(19(20,21)22)9-16(27)17(11)15-8-12(2)18(25-24-15)23-14-5-4-6-26(3)10-14/h7-9,14,27H,4-6,10H2,1-3H3,(H,23,25). The van der Waals surface area contributed by atoms with Gasteiger partial charge < -0.3 is 15.3 Å². The largest absolute Gasteiger partial charge is 0.507 e. The molecule has 1 aromatic heterocycles. The second kappa shape index (κ2) is 7.34. The SMILES string of the molecule is Cc1cc(-c2c(C)cc(C(F)(F)F)cc2O)nnc1NC1CCCN(C)C1. The van der Waals surface area contributed by atoms with Crippen LogP contribution in [0.1, 0.15) is 29.5 Å². The predicted molar refractivity (Wildman–Crippen MR) is 97.8 cm³/mol. The lowest BCUT2D eigenvalue weighted by Gasteiger charge is -2.30. The minimum absolute atomic E-state index is 0.266. The van der Waals surface area contributed by atoms with Crippen LogP contribution in [0.25, 0.3) is 11.3 Å². The monoisotopic (exact) mass is 380 g/mol. The number of likely N-dealkylation sites (N-methyl/N-ethyl adjacent to an activating group) is 1. The van der Waals surface area contributed by atoms with Crippen LogP contribution in [0, 0.1) is 13.8 Å². The van der Waals surface area contributed by atoms with E-state index in [9.17, 15) is 18.3 Å². The van der Waals surface area contributed by atoms with E-state index in [1.165, 1.54) is 6.92 Å². The molecule has 1 atom stereocenters. The maximum absolute atomic E-state index is 12.9. The highest BCUT2D eigenvalue weighted by Gasteiger charge is 2.32. The van der Waals surface area contributed by atoms with Crippen LogP contribution in [0.5, 0.6) is 5.75 Å². The molecule has 1 unspecified atom stereocenters. The van der Waals surface area contributed by atoms with Gasteiger partial charge in [-0.15, -0.1) is 10.2 Å². The molecule has 1 fully saturated rings. The number of alkyl halides is 3. The van der Waals surface area contributed by atoms with E-state index >= 15 is 0 Å². The van der Waals surface area contributed by atoms with Gasteiger partial charge >= 0.3 is 6.18 Å². The van der Waals surface area contributed by atoms with Crippen molar-refractivity contribution in [3.8, 4) is 17.0 Å². The van der Waals surface area contributed by atoms with Gasteiger partial charge in [0.25, 0.3) is 0 Å². The Kier molecular flexibility index (Phi) is 5.28. The number of benzene rings is 1. The Morgan fingerprint density at radius 3 is 2.48 bits per heavy atom. The van der Waals surface area contributed by atoms with Gasteiger partial charge in [0.15, 0.2) is 5.82 Å². The van der Waals surface area contributed by atoms with E-state index in [4.69, 9.17) is 0 Å². The molecule has 146 valence electrons. The topological polar surface area (TPSA) is 61.3 Å². The van der Waals surface area contributed by atoms with E-state index in [-0.39, 0.29) is 11.6 Å². The summed E-state index contributed by atoms with van der Waals surface area (Å²) in [4.78, 5) is 2.25. The lowest BCUT2D eigenvalue weighted by molar-refractivity contribution is -0.137. The number of hydrogen-bond acceptors (Lipinski definition) is 5. The first-order valence-corrected chi connectivity index (χ1v) is 8.85. The molecular weight excluding hydrogens is 357 g/mol. The summed E-state index contributed by atoms with van der Waals surface area (Å²) in [7, 11) is 2.08. The Morgan fingerprint density at radius 1 is 1.15 bits per heavy atom. The molecule has 2 heterocycles. The highest BCUT2D eigenvalue weighted by molar-refractivity contribution is 5.72. The van der Waals surface area contributed by atoms with Crippen LogP contribution in [0.2, 0.25) is 0 Å². The normalized spacial score (nSPS) is 18.5. The van der Waals surface area contributed by atoms with Gasteiger partial charge in [0.2, 0.25) is 0 Å². The molecule has 2 aromatic rings. The van der Waals surface area contributed by atoms with Crippen LogP contribution in [0.15, 0.2) is 18.2 Å². The second-order valence-electron chi connectivity index (χ2n) is 7.19. The van der Waals surface area contributed by atoms with E-state index in [2.05, 4.69) is 27.5 Å². The molecule has 0 saturated carbocycles. The molecule has 2 N–H and O–H groups in total. The number of piperidine rings is 1. The molecule has 0 radical (unpaired) electrons. The van der Waals surface area contributed by atoms with E-state index in [1.54, 1.807) is 6.07 Å². The van der Waals surface area contributed by atoms with E-state index < -0.39 is 17.5 Å². The van der Waals surface area contributed by atoms with Crippen LogP contribution < -0.4 is 5.32 Å². The summed E-state index contributed by atoms with van der Waals surface area (Å²) in [6.45, 7) is 5.38. The Morgan fingerprint density at radius 2 is 1.89 bits per heavy atom. The van der Waals surface area contributed by atoms with Crippen LogP contribution in [-0.2, 0) is 6.18 Å². The summed E-state index contributed by atoms with van der Waals surface area (Å²) in [5.41, 5.74) is 0.855. The summed E-state index contributed by atoms with van der Waals surface area (Å²) >= 11 is 0. The number of anilines is 1. The molecule has 0 amide bonds. The molecule has 5 nitrogen and oxygen atoms in total. The summed E-state index contributed by atoms with van der Waals surface area (Å²) in [5.74, 6) is 0.203. The summed E-state index contributed by atoms with van der Waals surface area (Å²) in [6.07, 6.45) is -2.35. The van der Waals surface area contributed by atoms with Crippen LogP contribution in [0.3, 0.4) is 0 Å². The lowest BCUT2D eigenvalue weighted by atomic mass is 10.00. The molecule has 0 aliphatic carbocycles. The maximum Gasteiger partial charge on any atom is 0.416 e. The smallest absolute Gasteiger partial charge is 0.416 e. The van der Waals surface area contributed by atoms with Gasteiger partial charge in [-0.1, -0.05) is 0 Å². The minimum atomic E-state index is -4.51. The summed E-state index contributed by atoms with van der Waals surface area (Å²) < 4.78 is 38.7. The van der Waals surface area contributed by atoms with E-state index in [1.807, 2.05) is 6.92 Å². The molecule has 0 spiro atoms. The first kappa shape index (κ1) is 19.4. The predicted octanol–water partition coefficient (Wildman–Crippen LogP) is 3.99. The number of phenols is 1. The third-order valence-electron chi connectivity index (χ3n) is 4.85. The zero-order chi connectivity index (χ0) is 19.8. The zero-order valence-corrected chi connectivity index (χ0v) is 15.6. The maximum atomic E-state index is 12.9. The molecule has 0 bridgehead atoms. The number of aryl methyl sites for hydroxylation is 2. The fourth-order valence-corrected chi connectivity index (χ4v) is 3.49. The highest BCUT2D eigenvalue weighted by atomic mass is 19.4. The number of nitrogens with zero attached hydrogens (tertiary/aromatic N) is 3. The van der Waals surface area contributed by atoms with Gasteiger partial charge in [0.05, 0.1) is 11.3 Å².